The Kier molecular flexibility index (Phi) is 5.33. The number of thiophene rings is 1. The van der Waals surface area contributed by atoms with Crippen molar-refractivity contribution in [3.8, 4) is 0 Å². The fraction of sp³-hybridized carbons (Fsp3) is 0.600. The van der Waals surface area contributed by atoms with Crippen molar-refractivity contribution in [1.82, 2.24) is 4.90 Å². The van der Waals surface area contributed by atoms with E-state index in [-0.39, 0.29) is 40.1 Å². The summed E-state index contributed by atoms with van der Waals surface area (Å²) in [6.45, 7) is 8.32. The van der Waals surface area contributed by atoms with Gasteiger partial charge in [0.15, 0.2) is 5.78 Å². The molecule has 1 amide bonds. The van der Waals surface area contributed by atoms with Crippen molar-refractivity contribution in [2.75, 3.05) is 13.1 Å². The summed E-state index contributed by atoms with van der Waals surface area (Å²) in [5.74, 6) is 0.692. The number of allylic oxidation sites excluding steroid dienone is 4. The van der Waals surface area contributed by atoms with Crippen LogP contribution in [0.15, 0.2) is 54.1 Å². The molecule has 6 heteroatoms. The van der Waals surface area contributed by atoms with Crippen LogP contribution in [0.5, 0.6) is 0 Å². The number of hydrogen-bond acceptors (Lipinski definition) is 5. The minimum atomic E-state index is -0.501. The molecule has 1 aliphatic heterocycles. The van der Waals surface area contributed by atoms with E-state index in [2.05, 4.69) is 57.2 Å². The zero-order valence-corrected chi connectivity index (χ0v) is 25.3. The number of carbonyl (C=O) groups excluding carboxylic acids is 2. The van der Waals surface area contributed by atoms with Crippen molar-refractivity contribution in [1.29, 1.82) is 0 Å². The summed E-state index contributed by atoms with van der Waals surface area (Å²) < 4.78 is 7.56. The molecule has 1 N–H and O–H groups in total. The van der Waals surface area contributed by atoms with Gasteiger partial charge >= 0.3 is 6.09 Å². The first-order chi connectivity index (χ1) is 19.6. The van der Waals surface area contributed by atoms with Gasteiger partial charge in [0.25, 0.3) is 0 Å². The Morgan fingerprint density at radius 2 is 1.83 bits per heavy atom. The molecule has 216 valence electrons. The van der Waals surface area contributed by atoms with Gasteiger partial charge in [0.2, 0.25) is 0 Å². The third kappa shape index (κ3) is 3.06. The minimum absolute atomic E-state index is 0.0113. The second kappa shape index (κ2) is 8.35. The van der Waals surface area contributed by atoms with E-state index in [0.717, 1.165) is 72.0 Å². The fourth-order valence-electron chi connectivity index (χ4n) is 11.1. The molecule has 2 heterocycles. The number of amides is 1. The number of fused-ring (bicyclic) bond motifs is 3. The van der Waals surface area contributed by atoms with Gasteiger partial charge in [0.05, 0.1) is 17.5 Å². The number of benzene rings is 1. The Balaban J connectivity index is 1.30. The first kappa shape index (κ1) is 26.2. The normalized spacial score (nSPS) is 44.1. The molecule has 3 saturated carbocycles. The maximum absolute atomic E-state index is 14.8. The van der Waals surface area contributed by atoms with E-state index in [1.807, 2.05) is 17.0 Å². The molecule has 1 aromatic carbocycles. The SMILES string of the molecule is CCCN1CC2(CCC3C45C=CC6(C=C4C(=O)c4cc7ccccc7s4)CC(O)CCC6(C)C5CCC32C)OC1=O. The molecule has 2 bridgehead atoms. The van der Waals surface area contributed by atoms with Crippen LogP contribution < -0.4 is 0 Å². The van der Waals surface area contributed by atoms with Gasteiger partial charge in [-0.2, -0.15) is 0 Å². The van der Waals surface area contributed by atoms with Crippen LogP contribution in [0.3, 0.4) is 0 Å². The van der Waals surface area contributed by atoms with Crippen molar-refractivity contribution in [3.05, 3.63) is 59.0 Å². The van der Waals surface area contributed by atoms with Crippen molar-refractivity contribution in [3.63, 3.8) is 0 Å². The van der Waals surface area contributed by atoms with Crippen LogP contribution >= 0.6 is 11.3 Å². The Labute approximate surface area is 246 Å². The number of aliphatic hydroxyl groups is 1. The van der Waals surface area contributed by atoms with Crippen molar-refractivity contribution in [2.45, 2.75) is 83.8 Å². The Bertz CT molecular complexity index is 1510. The van der Waals surface area contributed by atoms with Gasteiger partial charge in [-0.3, -0.25) is 4.79 Å². The monoisotopic (exact) mass is 571 g/mol. The summed E-state index contributed by atoms with van der Waals surface area (Å²) in [7, 11) is 0. The van der Waals surface area contributed by atoms with Crippen LogP contribution in [0.2, 0.25) is 0 Å². The lowest BCUT2D eigenvalue weighted by Crippen LogP contribution is -2.67. The van der Waals surface area contributed by atoms with E-state index in [0.29, 0.717) is 18.9 Å². The Morgan fingerprint density at radius 1 is 1.07 bits per heavy atom. The van der Waals surface area contributed by atoms with Gasteiger partial charge < -0.3 is 14.7 Å². The number of carbonyl (C=O) groups is 2. The number of ketones is 1. The van der Waals surface area contributed by atoms with Crippen LogP contribution in [0, 0.1) is 33.5 Å². The largest absolute Gasteiger partial charge is 0.440 e. The maximum Gasteiger partial charge on any atom is 0.410 e. The highest BCUT2D eigenvalue weighted by Gasteiger charge is 2.76. The Morgan fingerprint density at radius 3 is 2.63 bits per heavy atom. The summed E-state index contributed by atoms with van der Waals surface area (Å²) in [5, 5.41) is 12.0. The summed E-state index contributed by atoms with van der Waals surface area (Å²) in [6, 6.07) is 10.3. The van der Waals surface area contributed by atoms with E-state index in [1.54, 1.807) is 11.3 Å². The number of ether oxygens (including phenoxy) is 1. The van der Waals surface area contributed by atoms with E-state index in [1.165, 1.54) is 0 Å². The van der Waals surface area contributed by atoms with E-state index >= 15 is 0 Å². The molecule has 2 aromatic rings. The second-order valence-electron chi connectivity index (χ2n) is 14.5. The molecule has 1 aromatic heterocycles. The van der Waals surface area contributed by atoms with Crippen molar-refractivity contribution in [2.24, 2.45) is 33.5 Å². The van der Waals surface area contributed by atoms with Crippen LogP contribution in [0.4, 0.5) is 4.79 Å². The van der Waals surface area contributed by atoms with Crippen molar-refractivity contribution >= 4 is 33.3 Å². The quantitative estimate of drug-likeness (QED) is 0.304. The van der Waals surface area contributed by atoms with Gasteiger partial charge in [0, 0.05) is 33.1 Å². The molecule has 4 fully saturated rings. The summed E-state index contributed by atoms with van der Waals surface area (Å²) >= 11 is 1.60. The smallest absolute Gasteiger partial charge is 0.410 e. The highest BCUT2D eigenvalue weighted by Crippen LogP contribution is 2.79. The average Bonchev–Trinajstić information content (AvgIpc) is 3.61. The molecule has 8 unspecified atom stereocenters. The first-order valence-corrected chi connectivity index (χ1v) is 16.6. The molecular formula is C35H41NO4S. The zero-order valence-electron chi connectivity index (χ0n) is 24.4. The third-order valence-corrected chi connectivity index (χ3v) is 14.2. The molecule has 5 nitrogen and oxygen atoms in total. The molecule has 6 aliphatic carbocycles. The van der Waals surface area contributed by atoms with Crippen LogP contribution in [0.25, 0.3) is 10.1 Å². The van der Waals surface area contributed by atoms with Crippen molar-refractivity contribution < 1.29 is 19.4 Å². The molecule has 8 atom stereocenters. The van der Waals surface area contributed by atoms with Gasteiger partial charge in [0.1, 0.15) is 5.60 Å². The maximum atomic E-state index is 14.8. The lowest BCUT2D eigenvalue weighted by Gasteiger charge is -2.71. The molecule has 41 heavy (non-hydrogen) atoms. The van der Waals surface area contributed by atoms with Gasteiger partial charge in [-0.25, -0.2) is 4.79 Å². The molecule has 0 radical (unpaired) electrons. The van der Waals surface area contributed by atoms with Crippen LogP contribution in [-0.4, -0.2) is 46.7 Å². The van der Waals surface area contributed by atoms with Gasteiger partial charge in [-0.05, 0) is 86.1 Å². The summed E-state index contributed by atoms with van der Waals surface area (Å²) in [4.78, 5) is 30.6. The standard InChI is InChI=1S/C35H41NO4S/c1-4-17-36-21-34(40-30(36)39)14-11-28-32(34,3)13-10-27-31(2)12-9-23(37)19-33(31)15-16-35(27,28)24(20-33)29(38)26-18-22-7-5-6-8-25(22)41-26/h5-8,15-16,18,20,23,27-28,37H,4,9-14,17,19,21H2,1-3H3. The summed E-state index contributed by atoms with van der Waals surface area (Å²) in [5.41, 5.74) is -0.478. The minimum Gasteiger partial charge on any atom is -0.440 e. The molecular weight excluding hydrogens is 530 g/mol. The lowest BCUT2D eigenvalue weighted by molar-refractivity contribution is -0.164. The van der Waals surface area contributed by atoms with E-state index in [9.17, 15) is 14.7 Å². The highest BCUT2D eigenvalue weighted by molar-refractivity contribution is 7.21. The topological polar surface area (TPSA) is 66.8 Å². The second-order valence-corrected chi connectivity index (χ2v) is 15.6. The predicted octanol–water partition coefficient (Wildman–Crippen LogP) is 7.55. The predicted molar refractivity (Wildman–Crippen MR) is 161 cm³/mol. The summed E-state index contributed by atoms with van der Waals surface area (Å²) in [6.07, 6.45) is 13.9. The zero-order chi connectivity index (χ0) is 28.4. The molecule has 7 aliphatic rings. The molecule has 9 rings (SSSR count). The van der Waals surface area contributed by atoms with E-state index < -0.39 is 11.0 Å². The van der Waals surface area contributed by atoms with Gasteiger partial charge in [-0.15, -0.1) is 11.3 Å². The van der Waals surface area contributed by atoms with Gasteiger partial charge in [-0.1, -0.05) is 57.2 Å². The Hall–Kier alpha value is -2.44. The number of hydrogen-bond donors (Lipinski definition) is 1. The number of Topliss-reactive ketones (excluding diaryl/α,β-unsaturated/α-hetero) is 1. The lowest BCUT2D eigenvalue weighted by atomic mass is 9.32. The molecule has 1 saturated heterocycles. The third-order valence-electron chi connectivity index (χ3n) is 13.1. The highest BCUT2D eigenvalue weighted by atomic mass is 32.1. The molecule has 3 spiro atoms. The number of rotatable bonds is 4. The first-order valence-electron chi connectivity index (χ1n) is 15.7. The number of nitrogens with zero attached hydrogens (tertiary/aromatic N) is 1. The average molecular weight is 572 g/mol. The van der Waals surface area contributed by atoms with Crippen LogP contribution in [0.1, 0.15) is 81.8 Å². The fourth-order valence-corrected chi connectivity index (χ4v) is 12.1. The van der Waals surface area contributed by atoms with E-state index in [4.69, 9.17) is 4.74 Å². The number of aliphatic hydroxyl groups excluding tert-OH is 1. The van der Waals surface area contributed by atoms with Crippen LogP contribution in [-0.2, 0) is 4.74 Å².